The normalized spacial score (nSPS) is 11.1. The van der Waals surface area contributed by atoms with Crippen molar-refractivity contribution in [2.75, 3.05) is 14.1 Å². The lowest BCUT2D eigenvalue weighted by Gasteiger charge is -2.12. The minimum Gasteiger partial charge on any atom is -0.350 e. The molecule has 5 nitrogen and oxygen atoms in total. The zero-order chi connectivity index (χ0) is 15.4. The van der Waals surface area contributed by atoms with Gasteiger partial charge in [-0.3, -0.25) is 4.79 Å². The Bertz CT molecular complexity index is 616. The molecule has 1 amide bonds. The van der Waals surface area contributed by atoms with Crippen molar-refractivity contribution in [3.8, 4) is 5.69 Å². The molecule has 0 aliphatic heterocycles. The van der Waals surface area contributed by atoms with E-state index in [1.165, 1.54) is 0 Å². The van der Waals surface area contributed by atoms with Crippen LogP contribution >= 0.6 is 0 Å². The number of benzene rings is 1. The summed E-state index contributed by atoms with van der Waals surface area (Å²) < 4.78 is 1.76. The topological polar surface area (TPSA) is 50.2 Å². The van der Waals surface area contributed by atoms with E-state index in [9.17, 15) is 4.79 Å². The van der Waals surface area contributed by atoms with Crippen LogP contribution in [0.5, 0.6) is 0 Å². The fourth-order valence-electron chi connectivity index (χ4n) is 2.14. The van der Waals surface area contributed by atoms with Crippen molar-refractivity contribution < 1.29 is 4.79 Å². The van der Waals surface area contributed by atoms with Crippen LogP contribution in [0.2, 0.25) is 0 Å². The first-order valence-electron chi connectivity index (χ1n) is 7.06. The lowest BCUT2D eigenvalue weighted by atomic mass is 10.1. The first-order valence-corrected chi connectivity index (χ1v) is 7.06. The summed E-state index contributed by atoms with van der Waals surface area (Å²) in [5, 5.41) is 7.29. The highest BCUT2D eigenvalue weighted by Gasteiger charge is 2.14. The predicted molar refractivity (Wildman–Crippen MR) is 83.6 cm³/mol. The van der Waals surface area contributed by atoms with Crippen molar-refractivity contribution in [3.05, 3.63) is 47.8 Å². The van der Waals surface area contributed by atoms with Gasteiger partial charge in [0.05, 0.1) is 17.4 Å². The van der Waals surface area contributed by atoms with E-state index in [2.05, 4.69) is 15.3 Å². The molecule has 0 bridgehead atoms. The van der Waals surface area contributed by atoms with Crippen molar-refractivity contribution >= 4 is 5.91 Å². The van der Waals surface area contributed by atoms with Crippen molar-refractivity contribution in [1.82, 2.24) is 20.0 Å². The summed E-state index contributed by atoms with van der Waals surface area (Å²) >= 11 is 0. The molecule has 0 saturated carbocycles. The van der Waals surface area contributed by atoms with Crippen LogP contribution in [-0.2, 0) is 6.54 Å². The number of nitrogens with zero attached hydrogens (tertiary/aromatic N) is 3. The zero-order valence-corrected chi connectivity index (χ0v) is 13.0. The van der Waals surface area contributed by atoms with E-state index in [1.54, 1.807) is 4.68 Å². The summed E-state index contributed by atoms with van der Waals surface area (Å²) in [6.45, 7) is 4.72. The predicted octanol–water partition coefficient (Wildman–Crippen LogP) is 2.07. The highest BCUT2D eigenvalue weighted by molar-refractivity contribution is 5.97. The Morgan fingerprint density at radius 2 is 2.05 bits per heavy atom. The lowest BCUT2D eigenvalue weighted by Crippen LogP contribution is -2.30. The molecule has 1 aromatic heterocycles. The average Bonchev–Trinajstić information content (AvgIpc) is 2.85. The molecule has 1 aromatic carbocycles. The van der Waals surface area contributed by atoms with E-state index in [0.29, 0.717) is 5.56 Å². The Hall–Kier alpha value is -2.14. The summed E-state index contributed by atoms with van der Waals surface area (Å²) in [5.74, 6) is -0.0785. The molecule has 112 valence electrons. The molecule has 0 aliphatic carbocycles. The fraction of sp³-hybridized carbons (Fsp3) is 0.375. The maximum absolute atomic E-state index is 12.3. The van der Waals surface area contributed by atoms with Gasteiger partial charge in [-0.25, -0.2) is 4.68 Å². The van der Waals surface area contributed by atoms with Gasteiger partial charge in [0, 0.05) is 24.3 Å². The summed E-state index contributed by atoms with van der Waals surface area (Å²) in [7, 11) is 4.03. The molecule has 21 heavy (non-hydrogen) atoms. The number of carbonyl (C=O) groups is 1. The van der Waals surface area contributed by atoms with Gasteiger partial charge in [-0.15, -0.1) is 0 Å². The molecule has 0 atom stereocenters. The summed E-state index contributed by atoms with van der Waals surface area (Å²) in [6, 6.07) is 7.60. The Labute approximate surface area is 125 Å². The molecule has 0 radical (unpaired) electrons. The van der Waals surface area contributed by atoms with Crippen LogP contribution in [0.15, 0.2) is 36.7 Å². The first kappa shape index (κ1) is 15.3. The molecule has 2 rings (SSSR count). The van der Waals surface area contributed by atoms with Crippen LogP contribution in [0.3, 0.4) is 0 Å². The highest BCUT2D eigenvalue weighted by atomic mass is 16.1. The monoisotopic (exact) mass is 286 g/mol. The Morgan fingerprint density at radius 1 is 1.33 bits per heavy atom. The number of nitrogens with one attached hydrogen (secondary N) is 1. The third kappa shape index (κ3) is 3.92. The maximum atomic E-state index is 12.3. The molecule has 1 N–H and O–H groups in total. The minimum atomic E-state index is -0.0785. The SMILES string of the molecule is CC(C)NC(=O)c1ccccc1-n1cc(CN(C)C)cn1. The molecule has 0 unspecified atom stereocenters. The quantitative estimate of drug-likeness (QED) is 0.915. The van der Waals surface area contributed by atoms with Crippen molar-refractivity contribution in [1.29, 1.82) is 0 Å². The summed E-state index contributed by atoms with van der Waals surface area (Å²) in [4.78, 5) is 14.4. The number of hydrogen-bond donors (Lipinski definition) is 1. The summed E-state index contributed by atoms with van der Waals surface area (Å²) in [6.07, 6.45) is 3.79. The van der Waals surface area contributed by atoms with Gasteiger partial charge in [-0.05, 0) is 40.1 Å². The van der Waals surface area contributed by atoms with Gasteiger partial charge < -0.3 is 10.2 Å². The van der Waals surface area contributed by atoms with Gasteiger partial charge in [0.1, 0.15) is 0 Å². The molecule has 2 aromatic rings. The van der Waals surface area contributed by atoms with Gasteiger partial charge in [0.25, 0.3) is 5.91 Å². The van der Waals surface area contributed by atoms with Gasteiger partial charge in [0.2, 0.25) is 0 Å². The second-order valence-corrected chi connectivity index (χ2v) is 5.68. The molecule has 0 saturated heterocycles. The number of carbonyl (C=O) groups excluding carboxylic acids is 1. The third-order valence-corrected chi connectivity index (χ3v) is 2.95. The largest absolute Gasteiger partial charge is 0.350 e. The standard InChI is InChI=1S/C16H22N4O/c1-12(2)18-16(21)14-7-5-6-8-15(14)20-11-13(9-17-20)10-19(3)4/h5-9,11-12H,10H2,1-4H3,(H,18,21). The zero-order valence-electron chi connectivity index (χ0n) is 13.0. The van der Waals surface area contributed by atoms with Crippen molar-refractivity contribution in [2.24, 2.45) is 0 Å². The van der Waals surface area contributed by atoms with Crippen LogP contribution in [0.25, 0.3) is 5.69 Å². The molecule has 0 fully saturated rings. The number of para-hydroxylation sites is 1. The van der Waals surface area contributed by atoms with Crippen LogP contribution in [0, 0.1) is 0 Å². The fourth-order valence-corrected chi connectivity index (χ4v) is 2.14. The van der Waals surface area contributed by atoms with E-state index in [4.69, 9.17) is 0 Å². The van der Waals surface area contributed by atoms with E-state index >= 15 is 0 Å². The first-order chi connectivity index (χ1) is 9.97. The van der Waals surface area contributed by atoms with Crippen molar-refractivity contribution in [3.63, 3.8) is 0 Å². The number of rotatable bonds is 5. The average molecular weight is 286 g/mol. The van der Waals surface area contributed by atoms with Gasteiger partial charge in [-0.1, -0.05) is 12.1 Å². The molecular formula is C16H22N4O. The second-order valence-electron chi connectivity index (χ2n) is 5.68. The molecule has 5 heteroatoms. The molecule has 1 heterocycles. The summed E-state index contributed by atoms with van der Waals surface area (Å²) in [5.41, 5.74) is 2.53. The Morgan fingerprint density at radius 3 is 2.71 bits per heavy atom. The van der Waals surface area contributed by atoms with Crippen LogP contribution in [0.1, 0.15) is 29.8 Å². The minimum absolute atomic E-state index is 0.0785. The van der Waals surface area contributed by atoms with E-state index < -0.39 is 0 Å². The Balaban J connectivity index is 2.31. The molecular weight excluding hydrogens is 264 g/mol. The van der Waals surface area contributed by atoms with Crippen LogP contribution in [-0.4, -0.2) is 40.7 Å². The second kappa shape index (κ2) is 6.54. The van der Waals surface area contributed by atoms with Crippen molar-refractivity contribution in [2.45, 2.75) is 26.4 Å². The Kier molecular flexibility index (Phi) is 4.75. The van der Waals surface area contributed by atoms with E-state index in [1.807, 2.05) is 64.6 Å². The lowest BCUT2D eigenvalue weighted by molar-refractivity contribution is 0.0943. The van der Waals surface area contributed by atoms with Crippen LogP contribution < -0.4 is 5.32 Å². The van der Waals surface area contributed by atoms with E-state index in [-0.39, 0.29) is 11.9 Å². The number of amides is 1. The smallest absolute Gasteiger partial charge is 0.253 e. The third-order valence-electron chi connectivity index (χ3n) is 2.95. The number of aromatic nitrogens is 2. The molecule has 0 spiro atoms. The van der Waals surface area contributed by atoms with Gasteiger partial charge in [-0.2, -0.15) is 5.10 Å². The highest BCUT2D eigenvalue weighted by Crippen LogP contribution is 2.15. The molecule has 0 aliphatic rings. The van der Waals surface area contributed by atoms with Gasteiger partial charge in [0.15, 0.2) is 0 Å². The van der Waals surface area contributed by atoms with Gasteiger partial charge >= 0.3 is 0 Å². The van der Waals surface area contributed by atoms with Crippen LogP contribution in [0.4, 0.5) is 0 Å². The number of hydrogen-bond acceptors (Lipinski definition) is 3. The van der Waals surface area contributed by atoms with E-state index in [0.717, 1.165) is 17.8 Å². The maximum Gasteiger partial charge on any atom is 0.253 e.